The number of halogens is 3. The lowest BCUT2D eigenvalue weighted by Gasteiger charge is -2.09. The number of hydrogen-bond acceptors (Lipinski definition) is 3. The summed E-state index contributed by atoms with van der Waals surface area (Å²) in [5.41, 5.74) is 0.941. The normalized spacial score (nSPS) is 16.1. The van der Waals surface area contributed by atoms with Gasteiger partial charge in [0.05, 0.1) is 11.3 Å². The molecule has 1 aromatic rings. The van der Waals surface area contributed by atoms with E-state index in [9.17, 15) is 21.6 Å². The van der Waals surface area contributed by atoms with Crippen LogP contribution in [0.3, 0.4) is 0 Å². The first-order chi connectivity index (χ1) is 9.76. The lowest BCUT2D eigenvalue weighted by atomic mass is 10.2. The molecule has 0 atom stereocenters. The monoisotopic (exact) mass is 322 g/mol. The van der Waals surface area contributed by atoms with E-state index >= 15 is 0 Å². The molecule has 1 aliphatic carbocycles. The number of rotatable bonds is 7. The Morgan fingerprint density at radius 1 is 1.14 bits per heavy atom. The molecule has 0 spiro atoms. The van der Waals surface area contributed by atoms with Crippen molar-refractivity contribution in [1.29, 1.82) is 0 Å². The van der Waals surface area contributed by atoms with Crippen LogP contribution in [-0.4, -0.2) is 27.2 Å². The highest BCUT2D eigenvalue weighted by atomic mass is 32.2. The fourth-order valence-electron chi connectivity index (χ4n) is 1.75. The van der Waals surface area contributed by atoms with Gasteiger partial charge in [-0.15, -0.1) is 0 Å². The van der Waals surface area contributed by atoms with Crippen LogP contribution in [0.25, 0.3) is 0 Å². The molecule has 0 heterocycles. The van der Waals surface area contributed by atoms with E-state index in [0.29, 0.717) is 12.6 Å². The molecule has 2 rings (SSSR count). The van der Waals surface area contributed by atoms with Crippen LogP contribution in [0.4, 0.5) is 13.2 Å². The van der Waals surface area contributed by atoms with Crippen molar-refractivity contribution < 1.29 is 21.6 Å². The van der Waals surface area contributed by atoms with Gasteiger partial charge in [0, 0.05) is 19.1 Å². The lowest BCUT2D eigenvalue weighted by Crippen LogP contribution is -2.28. The van der Waals surface area contributed by atoms with Gasteiger partial charge in [-0.3, -0.25) is 0 Å². The molecule has 2 N–H and O–H groups in total. The number of sulfonamides is 1. The van der Waals surface area contributed by atoms with Crippen LogP contribution in [-0.2, 0) is 16.6 Å². The van der Waals surface area contributed by atoms with Crippen LogP contribution in [0.15, 0.2) is 29.2 Å². The number of nitrogens with one attached hydrogen (secondary N) is 2. The maximum atomic E-state index is 12.0. The maximum absolute atomic E-state index is 12.0. The molecule has 0 unspecified atom stereocenters. The number of benzene rings is 1. The quantitative estimate of drug-likeness (QED) is 0.809. The average Bonchev–Trinajstić information content (AvgIpc) is 3.19. The standard InChI is InChI=1S/C13H17F3N2O2S/c14-13(15,16)7-8-18-21(19,20)12-5-1-10(2-6-12)9-17-11-3-4-11/h1-2,5-6,11,17-18H,3-4,7-9H2. The van der Waals surface area contributed by atoms with Gasteiger partial charge in [-0.2, -0.15) is 13.2 Å². The predicted octanol–water partition coefficient (Wildman–Crippen LogP) is 2.17. The van der Waals surface area contributed by atoms with Gasteiger partial charge in [0.25, 0.3) is 0 Å². The minimum atomic E-state index is -4.37. The smallest absolute Gasteiger partial charge is 0.310 e. The summed E-state index contributed by atoms with van der Waals surface area (Å²) >= 11 is 0. The zero-order valence-electron chi connectivity index (χ0n) is 11.3. The van der Waals surface area contributed by atoms with Crippen LogP contribution in [0.1, 0.15) is 24.8 Å². The third-order valence-electron chi connectivity index (χ3n) is 3.11. The lowest BCUT2D eigenvalue weighted by molar-refractivity contribution is -0.132. The molecule has 1 aromatic carbocycles. The van der Waals surface area contributed by atoms with Crippen LogP contribution in [0.2, 0.25) is 0 Å². The van der Waals surface area contributed by atoms with Crippen molar-refractivity contribution in [3.05, 3.63) is 29.8 Å². The molecule has 0 aliphatic heterocycles. The van der Waals surface area contributed by atoms with E-state index in [4.69, 9.17) is 0 Å². The Hall–Kier alpha value is -1.12. The Morgan fingerprint density at radius 2 is 1.76 bits per heavy atom. The fourth-order valence-corrected chi connectivity index (χ4v) is 2.78. The van der Waals surface area contributed by atoms with Gasteiger partial charge in [0.15, 0.2) is 0 Å². The topological polar surface area (TPSA) is 58.2 Å². The van der Waals surface area contributed by atoms with Gasteiger partial charge < -0.3 is 5.32 Å². The first kappa shape index (κ1) is 16.3. The Kier molecular flexibility index (Phi) is 4.90. The molecule has 0 bridgehead atoms. The molecule has 21 heavy (non-hydrogen) atoms. The molecule has 1 fully saturated rings. The summed E-state index contributed by atoms with van der Waals surface area (Å²) in [7, 11) is -3.89. The zero-order chi connectivity index (χ0) is 15.5. The first-order valence-electron chi connectivity index (χ1n) is 6.65. The van der Waals surface area contributed by atoms with Crippen LogP contribution >= 0.6 is 0 Å². The van der Waals surface area contributed by atoms with Gasteiger partial charge in [-0.05, 0) is 30.5 Å². The van der Waals surface area contributed by atoms with Gasteiger partial charge in [-0.25, -0.2) is 13.1 Å². The van der Waals surface area contributed by atoms with E-state index in [0.717, 1.165) is 18.4 Å². The molecule has 4 nitrogen and oxygen atoms in total. The molecule has 8 heteroatoms. The predicted molar refractivity (Wildman–Crippen MR) is 72.2 cm³/mol. The van der Waals surface area contributed by atoms with E-state index < -0.39 is 29.2 Å². The van der Waals surface area contributed by atoms with Crippen molar-refractivity contribution >= 4 is 10.0 Å². The largest absolute Gasteiger partial charge is 0.390 e. The van der Waals surface area contributed by atoms with Crippen molar-refractivity contribution in [2.45, 2.75) is 42.9 Å². The summed E-state index contributed by atoms with van der Waals surface area (Å²) < 4.78 is 61.6. The maximum Gasteiger partial charge on any atom is 0.390 e. The number of alkyl halides is 3. The Balaban J connectivity index is 1.89. The highest BCUT2D eigenvalue weighted by Gasteiger charge is 2.27. The van der Waals surface area contributed by atoms with E-state index in [1.807, 2.05) is 4.72 Å². The van der Waals surface area contributed by atoms with Crippen molar-refractivity contribution in [3.8, 4) is 0 Å². The highest BCUT2D eigenvalue weighted by molar-refractivity contribution is 7.89. The molecule has 0 amide bonds. The summed E-state index contributed by atoms with van der Waals surface area (Å²) in [5.74, 6) is 0. The second-order valence-corrected chi connectivity index (χ2v) is 6.83. The van der Waals surface area contributed by atoms with Crippen molar-refractivity contribution in [2.75, 3.05) is 6.54 Å². The Bertz CT molecular complexity index is 566. The Morgan fingerprint density at radius 3 is 2.29 bits per heavy atom. The third kappa shape index (κ3) is 5.64. The molecule has 0 saturated heterocycles. The van der Waals surface area contributed by atoms with Crippen LogP contribution < -0.4 is 10.0 Å². The van der Waals surface area contributed by atoms with Crippen molar-refractivity contribution in [1.82, 2.24) is 10.0 Å². The molecule has 0 aromatic heterocycles. The van der Waals surface area contributed by atoms with Gasteiger partial charge in [0.2, 0.25) is 10.0 Å². The molecule has 1 saturated carbocycles. The summed E-state index contributed by atoms with van der Waals surface area (Å²) in [5, 5.41) is 3.29. The summed E-state index contributed by atoms with van der Waals surface area (Å²) in [6.07, 6.45) is -3.23. The summed E-state index contributed by atoms with van der Waals surface area (Å²) in [6.45, 7) is 0.00329. The minimum absolute atomic E-state index is 0.0279. The minimum Gasteiger partial charge on any atom is -0.310 e. The molecular weight excluding hydrogens is 305 g/mol. The third-order valence-corrected chi connectivity index (χ3v) is 4.58. The summed E-state index contributed by atoms with van der Waals surface area (Å²) in [6, 6.07) is 6.68. The van der Waals surface area contributed by atoms with E-state index in [2.05, 4.69) is 5.32 Å². The molecule has 0 radical (unpaired) electrons. The van der Waals surface area contributed by atoms with Crippen molar-refractivity contribution in [3.63, 3.8) is 0 Å². The second-order valence-electron chi connectivity index (χ2n) is 5.06. The highest BCUT2D eigenvalue weighted by Crippen LogP contribution is 2.20. The average molecular weight is 322 g/mol. The molecular formula is C13H17F3N2O2S. The van der Waals surface area contributed by atoms with Gasteiger partial charge in [0.1, 0.15) is 0 Å². The Labute approximate surface area is 121 Å². The van der Waals surface area contributed by atoms with E-state index in [-0.39, 0.29) is 4.90 Å². The van der Waals surface area contributed by atoms with Gasteiger partial charge in [-0.1, -0.05) is 12.1 Å². The fraction of sp³-hybridized carbons (Fsp3) is 0.538. The van der Waals surface area contributed by atoms with Crippen LogP contribution in [0, 0.1) is 0 Å². The number of hydrogen-bond donors (Lipinski definition) is 2. The van der Waals surface area contributed by atoms with E-state index in [1.54, 1.807) is 12.1 Å². The SMILES string of the molecule is O=S(=O)(NCCC(F)(F)F)c1ccc(CNC2CC2)cc1. The van der Waals surface area contributed by atoms with Crippen LogP contribution in [0.5, 0.6) is 0 Å². The second kappa shape index (κ2) is 6.33. The van der Waals surface area contributed by atoms with Crippen molar-refractivity contribution in [2.24, 2.45) is 0 Å². The van der Waals surface area contributed by atoms with E-state index in [1.165, 1.54) is 12.1 Å². The molecule has 118 valence electrons. The van der Waals surface area contributed by atoms with Gasteiger partial charge >= 0.3 is 6.18 Å². The first-order valence-corrected chi connectivity index (χ1v) is 8.13. The summed E-state index contributed by atoms with van der Waals surface area (Å²) in [4.78, 5) is -0.0279. The molecule has 1 aliphatic rings. The zero-order valence-corrected chi connectivity index (χ0v) is 12.1.